The molecule has 0 unspecified atom stereocenters. The average Bonchev–Trinajstić information content (AvgIpc) is 2.55. The van der Waals surface area contributed by atoms with Crippen molar-refractivity contribution in [1.82, 2.24) is 14.8 Å². The van der Waals surface area contributed by atoms with Gasteiger partial charge in [-0.2, -0.15) is 0 Å². The van der Waals surface area contributed by atoms with E-state index in [-0.39, 0.29) is 11.5 Å². The first kappa shape index (κ1) is 14.5. The Bertz CT molecular complexity index is 709. The number of piperazine rings is 1. The Labute approximate surface area is 129 Å². The van der Waals surface area contributed by atoms with Crippen molar-refractivity contribution in [2.75, 3.05) is 26.2 Å². The topological polar surface area (TPSA) is 54.3 Å². The van der Waals surface area contributed by atoms with Crippen LogP contribution in [0.3, 0.4) is 0 Å². The Morgan fingerprint density at radius 3 is 2.59 bits per heavy atom. The molecule has 5 heteroatoms. The van der Waals surface area contributed by atoms with Gasteiger partial charge in [-0.3, -0.25) is 14.5 Å². The molecule has 0 aliphatic carbocycles. The van der Waals surface area contributed by atoms with Gasteiger partial charge in [0.1, 0.15) is 0 Å². The van der Waals surface area contributed by atoms with Crippen molar-refractivity contribution in [3.05, 3.63) is 59.0 Å². The lowest BCUT2D eigenvalue weighted by Gasteiger charge is -2.26. The SMILES string of the molecule is O=C1CN(CCn2cccc(-c3ccccc3)c2=O)CCN1. The minimum absolute atomic E-state index is 0.00941. The minimum atomic E-state index is 0.00941. The van der Waals surface area contributed by atoms with Gasteiger partial charge in [0.25, 0.3) is 5.56 Å². The molecular weight excluding hydrogens is 278 g/mol. The molecule has 1 aliphatic rings. The average molecular weight is 297 g/mol. The van der Waals surface area contributed by atoms with Gasteiger partial charge >= 0.3 is 0 Å². The summed E-state index contributed by atoms with van der Waals surface area (Å²) in [6, 6.07) is 13.4. The van der Waals surface area contributed by atoms with E-state index in [1.165, 1.54) is 0 Å². The second-order valence-corrected chi connectivity index (χ2v) is 5.41. The zero-order chi connectivity index (χ0) is 15.4. The van der Waals surface area contributed by atoms with Gasteiger partial charge in [0.15, 0.2) is 0 Å². The summed E-state index contributed by atoms with van der Waals surface area (Å²) >= 11 is 0. The highest BCUT2D eigenvalue weighted by atomic mass is 16.2. The first-order valence-corrected chi connectivity index (χ1v) is 7.48. The van der Waals surface area contributed by atoms with Crippen LogP contribution in [0.15, 0.2) is 53.5 Å². The number of benzene rings is 1. The van der Waals surface area contributed by atoms with Gasteiger partial charge < -0.3 is 9.88 Å². The second kappa shape index (κ2) is 6.58. The fourth-order valence-corrected chi connectivity index (χ4v) is 2.68. The predicted octanol–water partition coefficient (Wildman–Crippen LogP) is 0.947. The highest BCUT2D eigenvalue weighted by molar-refractivity contribution is 5.78. The summed E-state index contributed by atoms with van der Waals surface area (Å²) < 4.78 is 1.72. The molecule has 0 radical (unpaired) electrons. The van der Waals surface area contributed by atoms with Crippen molar-refractivity contribution in [2.45, 2.75) is 6.54 Å². The van der Waals surface area contributed by atoms with Gasteiger partial charge in [0.05, 0.1) is 6.54 Å². The molecule has 0 spiro atoms. The third kappa shape index (κ3) is 3.26. The highest BCUT2D eigenvalue weighted by Gasteiger charge is 2.15. The zero-order valence-corrected chi connectivity index (χ0v) is 12.4. The van der Waals surface area contributed by atoms with E-state index in [1.54, 1.807) is 10.8 Å². The van der Waals surface area contributed by atoms with Crippen molar-refractivity contribution in [3.63, 3.8) is 0 Å². The summed E-state index contributed by atoms with van der Waals surface area (Å²) in [5.41, 5.74) is 1.65. The van der Waals surface area contributed by atoms with Crippen LogP contribution in [0.25, 0.3) is 11.1 Å². The van der Waals surface area contributed by atoms with Gasteiger partial charge in [-0.05, 0) is 17.7 Å². The number of aromatic nitrogens is 1. The van der Waals surface area contributed by atoms with E-state index >= 15 is 0 Å². The van der Waals surface area contributed by atoms with Gasteiger partial charge in [-0.15, -0.1) is 0 Å². The molecule has 2 heterocycles. The number of hydrogen-bond donors (Lipinski definition) is 1. The molecule has 3 rings (SSSR count). The molecule has 1 fully saturated rings. The molecule has 5 nitrogen and oxygen atoms in total. The number of nitrogens with one attached hydrogen (secondary N) is 1. The predicted molar refractivity (Wildman–Crippen MR) is 85.6 cm³/mol. The molecule has 2 aromatic rings. The van der Waals surface area contributed by atoms with Crippen LogP contribution < -0.4 is 10.9 Å². The Kier molecular flexibility index (Phi) is 4.34. The van der Waals surface area contributed by atoms with Crippen LogP contribution in [0, 0.1) is 0 Å². The first-order valence-electron chi connectivity index (χ1n) is 7.48. The molecule has 0 bridgehead atoms. The quantitative estimate of drug-likeness (QED) is 0.914. The summed E-state index contributed by atoms with van der Waals surface area (Å²) in [7, 11) is 0. The molecule has 114 valence electrons. The molecule has 0 saturated carbocycles. The number of pyridine rings is 1. The van der Waals surface area contributed by atoms with Crippen LogP contribution in [-0.2, 0) is 11.3 Å². The molecule has 1 aromatic heterocycles. The number of carbonyl (C=O) groups excluding carboxylic acids is 1. The highest BCUT2D eigenvalue weighted by Crippen LogP contribution is 2.13. The number of nitrogens with zero attached hydrogens (tertiary/aromatic N) is 2. The van der Waals surface area contributed by atoms with Crippen LogP contribution in [0.2, 0.25) is 0 Å². The van der Waals surface area contributed by atoms with E-state index in [0.29, 0.717) is 31.7 Å². The Hall–Kier alpha value is -2.40. The van der Waals surface area contributed by atoms with Crippen molar-refractivity contribution < 1.29 is 4.79 Å². The molecule has 0 atom stereocenters. The third-order valence-electron chi connectivity index (χ3n) is 3.88. The lowest BCUT2D eigenvalue weighted by molar-refractivity contribution is -0.124. The van der Waals surface area contributed by atoms with Gasteiger partial charge in [0.2, 0.25) is 5.91 Å². The summed E-state index contributed by atoms with van der Waals surface area (Å²) in [6.07, 6.45) is 1.80. The summed E-state index contributed by atoms with van der Waals surface area (Å²) in [4.78, 5) is 26.0. The molecule has 1 aromatic carbocycles. The number of amides is 1. The monoisotopic (exact) mass is 297 g/mol. The largest absolute Gasteiger partial charge is 0.354 e. The van der Waals surface area contributed by atoms with Crippen molar-refractivity contribution >= 4 is 5.91 Å². The Morgan fingerprint density at radius 1 is 1.00 bits per heavy atom. The van der Waals surface area contributed by atoms with Crippen molar-refractivity contribution in [3.8, 4) is 11.1 Å². The molecule has 1 N–H and O–H groups in total. The van der Waals surface area contributed by atoms with E-state index in [1.807, 2.05) is 42.5 Å². The van der Waals surface area contributed by atoms with Crippen LogP contribution in [0.5, 0.6) is 0 Å². The van der Waals surface area contributed by atoms with Crippen LogP contribution >= 0.6 is 0 Å². The number of rotatable bonds is 4. The van der Waals surface area contributed by atoms with Crippen LogP contribution in [-0.4, -0.2) is 41.6 Å². The van der Waals surface area contributed by atoms with E-state index in [9.17, 15) is 9.59 Å². The van der Waals surface area contributed by atoms with E-state index in [0.717, 1.165) is 12.1 Å². The van der Waals surface area contributed by atoms with Gasteiger partial charge in [-0.1, -0.05) is 30.3 Å². The molecule has 22 heavy (non-hydrogen) atoms. The lowest BCUT2D eigenvalue weighted by Crippen LogP contribution is -2.48. The maximum atomic E-state index is 12.6. The standard InChI is InChI=1S/C17H19N3O2/c21-16-13-19(10-8-18-16)11-12-20-9-4-7-15(17(20)22)14-5-2-1-3-6-14/h1-7,9H,8,10-13H2,(H,18,21). The van der Waals surface area contributed by atoms with E-state index in [4.69, 9.17) is 0 Å². The molecule has 1 aliphatic heterocycles. The molecular formula is C17H19N3O2. The fourth-order valence-electron chi connectivity index (χ4n) is 2.68. The van der Waals surface area contributed by atoms with Crippen molar-refractivity contribution in [2.24, 2.45) is 0 Å². The first-order chi connectivity index (χ1) is 10.7. The Morgan fingerprint density at radius 2 is 1.82 bits per heavy atom. The maximum Gasteiger partial charge on any atom is 0.258 e. The van der Waals surface area contributed by atoms with Crippen LogP contribution in [0.1, 0.15) is 0 Å². The van der Waals surface area contributed by atoms with E-state index < -0.39 is 0 Å². The minimum Gasteiger partial charge on any atom is -0.354 e. The second-order valence-electron chi connectivity index (χ2n) is 5.41. The van der Waals surface area contributed by atoms with Gasteiger partial charge in [0, 0.05) is 37.9 Å². The zero-order valence-electron chi connectivity index (χ0n) is 12.4. The summed E-state index contributed by atoms with van der Waals surface area (Å²) in [5, 5.41) is 2.80. The summed E-state index contributed by atoms with van der Waals surface area (Å²) in [5.74, 6) is 0.0524. The Balaban J connectivity index is 1.75. The van der Waals surface area contributed by atoms with Gasteiger partial charge in [-0.25, -0.2) is 0 Å². The number of carbonyl (C=O) groups is 1. The normalized spacial score (nSPS) is 15.5. The third-order valence-corrected chi connectivity index (χ3v) is 3.88. The fraction of sp³-hybridized carbons (Fsp3) is 0.294. The summed E-state index contributed by atoms with van der Waals surface area (Å²) in [6.45, 7) is 3.21. The van der Waals surface area contributed by atoms with E-state index in [2.05, 4.69) is 10.2 Å². The smallest absolute Gasteiger partial charge is 0.258 e. The van der Waals surface area contributed by atoms with Crippen LogP contribution in [0.4, 0.5) is 0 Å². The molecule has 1 saturated heterocycles. The lowest BCUT2D eigenvalue weighted by atomic mass is 10.1. The molecule has 1 amide bonds. The maximum absolute atomic E-state index is 12.6. The van der Waals surface area contributed by atoms with Crippen molar-refractivity contribution in [1.29, 1.82) is 0 Å². The number of hydrogen-bond acceptors (Lipinski definition) is 3.